The lowest BCUT2D eigenvalue weighted by Crippen LogP contribution is -2.39. The minimum absolute atomic E-state index is 0.276. The average molecular weight is 199 g/mol. The standard InChI is InChI=1S/C13H29N/c1-6-8-9-10-12(7-2)11-14-13(3,4)5/h12,14H,6-11H2,1-5H3. The van der Waals surface area contributed by atoms with Crippen LogP contribution in [0, 0.1) is 5.92 Å². The van der Waals surface area contributed by atoms with Crippen LogP contribution < -0.4 is 5.32 Å². The monoisotopic (exact) mass is 199 g/mol. The maximum absolute atomic E-state index is 3.60. The van der Waals surface area contributed by atoms with E-state index in [0.29, 0.717) is 0 Å². The molecule has 0 aromatic rings. The van der Waals surface area contributed by atoms with E-state index in [1.165, 1.54) is 38.6 Å². The second-order valence-corrected chi connectivity index (χ2v) is 5.40. The molecule has 0 saturated heterocycles. The summed E-state index contributed by atoms with van der Waals surface area (Å²) in [5.41, 5.74) is 0.276. The first kappa shape index (κ1) is 14.0. The lowest BCUT2D eigenvalue weighted by Gasteiger charge is -2.24. The number of hydrogen-bond acceptors (Lipinski definition) is 1. The highest BCUT2D eigenvalue weighted by Crippen LogP contribution is 2.13. The largest absolute Gasteiger partial charge is 0.312 e. The minimum Gasteiger partial charge on any atom is -0.312 e. The van der Waals surface area contributed by atoms with Gasteiger partial charge in [-0.05, 0) is 39.7 Å². The summed E-state index contributed by atoms with van der Waals surface area (Å²) in [4.78, 5) is 0. The van der Waals surface area contributed by atoms with Crippen LogP contribution in [0.4, 0.5) is 0 Å². The van der Waals surface area contributed by atoms with E-state index in [-0.39, 0.29) is 5.54 Å². The molecule has 0 aromatic carbocycles. The van der Waals surface area contributed by atoms with Crippen molar-refractivity contribution >= 4 is 0 Å². The molecule has 0 rings (SSSR count). The van der Waals surface area contributed by atoms with Crippen molar-refractivity contribution in [3.05, 3.63) is 0 Å². The van der Waals surface area contributed by atoms with Crippen LogP contribution in [0.3, 0.4) is 0 Å². The molecular formula is C13H29N. The lowest BCUT2D eigenvalue weighted by molar-refractivity contribution is 0.345. The van der Waals surface area contributed by atoms with Crippen LogP contribution in [-0.2, 0) is 0 Å². The molecule has 0 aliphatic carbocycles. The molecular weight excluding hydrogens is 170 g/mol. The summed E-state index contributed by atoms with van der Waals surface area (Å²) in [5, 5.41) is 3.60. The molecule has 1 nitrogen and oxygen atoms in total. The molecule has 0 aliphatic heterocycles. The third kappa shape index (κ3) is 8.55. The highest BCUT2D eigenvalue weighted by molar-refractivity contribution is 4.72. The van der Waals surface area contributed by atoms with Gasteiger partial charge in [-0.2, -0.15) is 0 Å². The molecule has 1 atom stereocenters. The molecule has 1 unspecified atom stereocenters. The fraction of sp³-hybridized carbons (Fsp3) is 1.00. The Labute approximate surface area is 90.7 Å². The van der Waals surface area contributed by atoms with Crippen LogP contribution in [-0.4, -0.2) is 12.1 Å². The molecule has 0 heterocycles. The molecule has 0 bridgehead atoms. The first-order valence-electron chi connectivity index (χ1n) is 6.24. The summed E-state index contributed by atoms with van der Waals surface area (Å²) >= 11 is 0. The second kappa shape index (κ2) is 7.28. The van der Waals surface area contributed by atoms with Crippen molar-refractivity contribution in [1.29, 1.82) is 0 Å². The Morgan fingerprint density at radius 3 is 2.14 bits per heavy atom. The predicted octanol–water partition coefficient (Wildman–Crippen LogP) is 3.98. The zero-order valence-electron chi connectivity index (χ0n) is 10.8. The van der Waals surface area contributed by atoms with Crippen LogP contribution in [0.5, 0.6) is 0 Å². The Balaban J connectivity index is 3.58. The molecule has 0 aromatic heterocycles. The summed E-state index contributed by atoms with van der Waals surface area (Å²) in [5.74, 6) is 0.876. The van der Waals surface area contributed by atoms with E-state index in [9.17, 15) is 0 Å². The number of rotatable bonds is 7. The normalized spacial score (nSPS) is 14.4. The van der Waals surface area contributed by atoms with Gasteiger partial charge in [0.25, 0.3) is 0 Å². The number of nitrogens with one attached hydrogen (secondary N) is 1. The van der Waals surface area contributed by atoms with Crippen LogP contribution in [0.15, 0.2) is 0 Å². The Bertz CT molecular complexity index is 124. The van der Waals surface area contributed by atoms with Crippen molar-refractivity contribution in [1.82, 2.24) is 5.32 Å². The quantitative estimate of drug-likeness (QED) is 0.612. The Kier molecular flexibility index (Phi) is 7.26. The SMILES string of the molecule is CCCCCC(CC)CNC(C)(C)C. The number of unbranched alkanes of at least 4 members (excludes halogenated alkanes) is 2. The van der Waals surface area contributed by atoms with Crippen molar-refractivity contribution in [3.8, 4) is 0 Å². The van der Waals surface area contributed by atoms with Crippen LogP contribution in [0.1, 0.15) is 66.7 Å². The molecule has 0 saturated carbocycles. The van der Waals surface area contributed by atoms with Gasteiger partial charge in [-0.1, -0.05) is 39.5 Å². The summed E-state index contributed by atoms with van der Waals surface area (Å²) in [7, 11) is 0. The van der Waals surface area contributed by atoms with Crippen molar-refractivity contribution in [2.75, 3.05) is 6.54 Å². The molecule has 1 heteroatoms. The maximum atomic E-state index is 3.60. The van der Waals surface area contributed by atoms with Gasteiger partial charge in [0.1, 0.15) is 0 Å². The van der Waals surface area contributed by atoms with E-state index >= 15 is 0 Å². The van der Waals surface area contributed by atoms with Crippen LogP contribution >= 0.6 is 0 Å². The van der Waals surface area contributed by atoms with Gasteiger partial charge in [0.05, 0.1) is 0 Å². The third-order valence-electron chi connectivity index (χ3n) is 2.71. The molecule has 0 spiro atoms. The first-order valence-corrected chi connectivity index (χ1v) is 6.24. The molecule has 86 valence electrons. The van der Waals surface area contributed by atoms with E-state index in [4.69, 9.17) is 0 Å². The molecule has 1 N–H and O–H groups in total. The fourth-order valence-electron chi connectivity index (χ4n) is 1.58. The van der Waals surface area contributed by atoms with Gasteiger partial charge in [-0.25, -0.2) is 0 Å². The van der Waals surface area contributed by atoms with E-state index in [1.54, 1.807) is 0 Å². The smallest absolute Gasteiger partial charge is 0.00966 e. The van der Waals surface area contributed by atoms with Gasteiger partial charge < -0.3 is 5.32 Å². The van der Waals surface area contributed by atoms with E-state index in [0.717, 1.165) is 5.92 Å². The Morgan fingerprint density at radius 2 is 1.71 bits per heavy atom. The van der Waals surface area contributed by atoms with Gasteiger partial charge in [0, 0.05) is 5.54 Å². The van der Waals surface area contributed by atoms with Gasteiger partial charge in [0.15, 0.2) is 0 Å². The van der Waals surface area contributed by atoms with Crippen molar-refractivity contribution < 1.29 is 0 Å². The third-order valence-corrected chi connectivity index (χ3v) is 2.71. The van der Waals surface area contributed by atoms with Crippen LogP contribution in [0.25, 0.3) is 0 Å². The van der Waals surface area contributed by atoms with Gasteiger partial charge in [0.2, 0.25) is 0 Å². The van der Waals surface area contributed by atoms with E-state index in [2.05, 4.69) is 39.9 Å². The zero-order chi connectivity index (χ0) is 11.0. The Hall–Kier alpha value is -0.0400. The summed E-state index contributed by atoms with van der Waals surface area (Å²) in [6.07, 6.45) is 6.84. The Morgan fingerprint density at radius 1 is 1.07 bits per heavy atom. The predicted molar refractivity (Wildman–Crippen MR) is 65.7 cm³/mol. The average Bonchev–Trinajstić information content (AvgIpc) is 2.09. The van der Waals surface area contributed by atoms with Crippen LogP contribution in [0.2, 0.25) is 0 Å². The highest BCUT2D eigenvalue weighted by atomic mass is 14.9. The van der Waals surface area contributed by atoms with Crippen molar-refractivity contribution in [2.45, 2.75) is 72.3 Å². The first-order chi connectivity index (χ1) is 6.49. The minimum atomic E-state index is 0.276. The summed E-state index contributed by atoms with van der Waals surface area (Å²) < 4.78 is 0. The van der Waals surface area contributed by atoms with Crippen molar-refractivity contribution in [2.24, 2.45) is 5.92 Å². The van der Waals surface area contributed by atoms with E-state index < -0.39 is 0 Å². The highest BCUT2D eigenvalue weighted by Gasteiger charge is 2.12. The molecule has 0 amide bonds. The fourth-order valence-corrected chi connectivity index (χ4v) is 1.58. The van der Waals surface area contributed by atoms with Gasteiger partial charge >= 0.3 is 0 Å². The second-order valence-electron chi connectivity index (χ2n) is 5.40. The molecule has 14 heavy (non-hydrogen) atoms. The van der Waals surface area contributed by atoms with Crippen molar-refractivity contribution in [3.63, 3.8) is 0 Å². The molecule has 0 aliphatic rings. The lowest BCUT2D eigenvalue weighted by atomic mass is 9.97. The van der Waals surface area contributed by atoms with Gasteiger partial charge in [-0.3, -0.25) is 0 Å². The molecule has 0 radical (unpaired) electrons. The van der Waals surface area contributed by atoms with E-state index in [1.807, 2.05) is 0 Å². The summed E-state index contributed by atoms with van der Waals surface area (Å²) in [6, 6.07) is 0. The topological polar surface area (TPSA) is 12.0 Å². The maximum Gasteiger partial charge on any atom is 0.00966 e. The number of hydrogen-bond donors (Lipinski definition) is 1. The molecule has 0 fully saturated rings. The summed E-state index contributed by atoms with van der Waals surface area (Å²) in [6.45, 7) is 12.5. The van der Waals surface area contributed by atoms with Gasteiger partial charge in [-0.15, -0.1) is 0 Å². The zero-order valence-corrected chi connectivity index (χ0v) is 10.8.